The van der Waals surface area contributed by atoms with E-state index in [9.17, 15) is 13.2 Å². The summed E-state index contributed by atoms with van der Waals surface area (Å²) in [5, 5.41) is 2.75. The molecule has 148 valence electrons. The summed E-state index contributed by atoms with van der Waals surface area (Å²) in [6.07, 6.45) is 5.13. The van der Waals surface area contributed by atoms with Crippen LogP contribution in [-0.4, -0.2) is 43.8 Å². The van der Waals surface area contributed by atoms with Gasteiger partial charge in [0.25, 0.3) is 5.91 Å². The third-order valence-electron chi connectivity index (χ3n) is 4.59. The van der Waals surface area contributed by atoms with E-state index in [1.165, 1.54) is 22.9 Å². The molecule has 1 aliphatic rings. The van der Waals surface area contributed by atoms with E-state index in [4.69, 9.17) is 5.73 Å². The van der Waals surface area contributed by atoms with Crippen molar-refractivity contribution in [3.8, 4) is 0 Å². The van der Waals surface area contributed by atoms with Crippen molar-refractivity contribution in [1.29, 1.82) is 0 Å². The molecule has 0 bridgehead atoms. The van der Waals surface area contributed by atoms with Crippen LogP contribution in [0.4, 0.5) is 0 Å². The molecule has 0 aliphatic heterocycles. The van der Waals surface area contributed by atoms with E-state index in [1.807, 2.05) is 13.8 Å². The Bertz CT molecular complexity index is 693. The highest BCUT2D eigenvalue weighted by Crippen LogP contribution is 2.26. The first-order chi connectivity index (χ1) is 11.6. The topological polar surface area (TPSA) is 92.5 Å². The zero-order chi connectivity index (χ0) is 18.7. The monoisotopic (exact) mass is 403 g/mol. The predicted octanol–water partition coefficient (Wildman–Crippen LogP) is 2.53. The van der Waals surface area contributed by atoms with Crippen molar-refractivity contribution in [1.82, 2.24) is 9.62 Å². The molecule has 0 heterocycles. The summed E-state index contributed by atoms with van der Waals surface area (Å²) in [7, 11) is -1.89. The first-order valence-electron chi connectivity index (χ1n) is 8.76. The molecule has 1 aliphatic carbocycles. The van der Waals surface area contributed by atoms with Crippen LogP contribution in [-0.2, 0) is 10.0 Å². The number of nitrogens with zero attached hydrogens (tertiary/aromatic N) is 1. The van der Waals surface area contributed by atoms with Crippen molar-refractivity contribution in [3.63, 3.8) is 0 Å². The van der Waals surface area contributed by atoms with Crippen LogP contribution in [0.15, 0.2) is 29.2 Å². The van der Waals surface area contributed by atoms with E-state index in [1.54, 1.807) is 19.2 Å². The lowest BCUT2D eigenvalue weighted by Gasteiger charge is -2.30. The Morgan fingerprint density at radius 1 is 1.19 bits per heavy atom. The number of hydrogen-bond acceptors (Lipinski definition) is 4. The van der Waals surface area contributed by atoms with Gasteiger partial charge in [-0.25, -0.2) is 8.42 Å². The Balaban J connectivity index is 0.00000338. The van der Waals surface area contributed by atoms with Crippen molar-refractivity contribution < 1.29 is 13.2 Å². The molecule has 0 saturated heterocycles. The second-order valence-electron chi connectivity index (χ2n) is 7.51. The van der Waals surface area contributed by atoms with E-state index < -0.39 is 15.6 Å². The molecule has 2 rings (SSSR count). The van der Waals surface area contributed by atoms with Crippen molar-refractivity contribution in [2.45, 2.75) is 62.4 Å². The third-order valence-corrected chi connectivity index (χ3v) is 6.51. The smallest absolute Gasteiger partial charge is 0.251 e. The first-order valence-corrected chi connectivity index (χ1v) is 10.2. The summed E-state index contributed by atoms with van der Waals surface area (Å²) >= 11 is 0. The normalized spacial score (nSPS) is 16.2. The summed E-state index contributed by atoms with van der Waals surface area (Å²) in [4.78, 5) is 12.3. The average molecular weight is 404 g/mol. The SMILES string of the molecule is CN(C1CCCCC1)S(=O)(=O)c1ccc(C(=O)NCC(C)(C)N)cc1.Cl. The second kappa shape index (κ2) is 9.17. The molecule has 1 saturated carbocycles. The van der Waals surface area contributed by atoms with Crippen LogP contribution in [0, 0.1) is 0 Å². The van der Waals surface area contributed by atoms with Crippen LogP contribution in [0.5, 0.6) is 0 Å². The van der Waals surface area contributed by atoms with E-state index in [-0.39, 0.29) is 29.3 Å². The van der Waals surface area contributed by atoms with Gasteiger partial charge in [0.1, 0.15) is 0 Å². The Morgan fingerprint density at radius 3 is 2.23 bits per heavy atom. The Morgan fingerprint density at radius 2 is 1.73 bits per heavy atom. The molecule has 0 aromatic heterocycles. The number of carbonyl (C=O) groups is 1. The molecule has 1 fully saturated rings. The molecule has 0 atom stereocenters. The average Bonchev–Trinajstić information content (AvgIpc) is 2.59. The minimum absolute atomic E-state index is 0. The fourth-order valence-electron chi connectivity index (χ4n) is 3.00. The van der Waals surface area contributed by atoms with Gasteiger partial charge >= 0.3 is 0 Å². The molecule has 0 radical (unpaired) electrons. The van der Waals surface area contributed by atoms with Crippen LogP contribution < -0.4 is 11.1 Å². The quantitative estimate of drug-likeness (QED) is 0.763. The summed E-state index contributed by atoms with van der Waals surface area (Å²) in [6.45, 7) is 3.99. The van der Waals surface area contributed by atoms with Gasteiger partial charge in [0.05, 0.1) is 4.90 Å². The second-order valence-corrected chi connectivity index (χ2v) is 9.51. The highest BCUT2D eigenvalue weighted by Gasteiger charge is 2.29. The van der Waals surface area contributed by atoms with Gasteiger partial charge in [0, 0.05) is 30.7 Å². The molecule has 1 amide bonds. The van der Waals surface area contributed by atoms with E-state index >= 15 is 0 Å². The summed E-state index contributed by atoms with van der Waals surface area (Å²) in [5.41, 5.74) is 5.77. The van der Waals surface area contributed by atoms with Gasteiger partial charge in [0.2, 0.25) is 10.0 Å². The number of halogens is 1. The van der Waals surface area contributed by atoms with Crippen LogP contribution in [0.3, 0.4) is 0 Å². The number of hydrogen-bond donors (Lipinski definition) is 2. The molecule has 26 heavy (non-hydrogen) atoms. The largest absolute Gasteiger partial charge is 0.350 e. The Hall–Kier alpha value is -1.15. The van der Waals surface area contributed by atoms with Crippen molar-refractivity contribution in [2.75, 3.05) is 13.6 Å². The molecule has 3 N–H and O–H groups in total. The number of nitrogens with one attached hydrogen (secondary N) is 1. The molecular weight excluding hydrogens is 374 g/mol. The lowest BCUT2D eigenvalue weighted by Crippen LogP contribution is -2.45. The van der Waals surface area contributed by atoms with Crippen molar-refractivity contribution in [3.05, 3.63) is 29.8 Å². The van der Waals surface area contributed by atoms with Crippen LogP contribution >= 0.6 is 12.4 Å². The number of carbonyl (C=O) groups excluding carboxylic acids is 1. The Kier molecular flexibility index (Phi) is 8.07. The lowest BCUT2D eigenvalue weighted by molar-refractivity contribution is 0.0946. The maximum absolute atomic E-state index is 12.8. The van der Waals surface area contributed by atoms with Gasteiger partial charge in [-0.3, -0.25) is 4.79 Å². The van der Waals surface area contributed by atoms with Crippen LogP contribution in [0.1, 0.15) is 56.3 Å². The molecular formula is C18H30ClN3O3S. The van der Waals surface area contributed by atoms with Crippen molar-refractivity contribution in [2.24, 2.45) is 5.73 Å². The predicted molar refractivity (Wildman–Crippen MR) is 106 cm³/mol. The van der Waals surface area contributed by atoms with E-state index in [0.29, 0.717) is 12.1 Å². The Labute approximate surface area is 163 Å². The molecule has 8 heteroatoms. The van der Waals surface area contributed by atoms with Crippen LogP contribution in [0.2, 0.25) is 0 Å². The highest BCUT2D eigenvalue weighted by atomic mass is 35.5. The fourth-order valence-corrected chi connectivity index (χ4v) is 4.41. The molecule has 6 nitrogen and oxygen atoms in total. The van der Waals surface area contributed by atoms with Gasteiger partial charge in [-0.05, 0) is 51.0 Å². The van der Waals surface area contributed by atoms with E-state index in [0.717, 1.165) is 25.7 Å². The van der Waals surface area contributed by atoms with E-state index in [2.05, 4.69) is 5.32 Å². The first kappa shape index (κ1) is 22.9. The van der Waals surface area contributed by atoms with Gasteiger partial charge in [-0.1, -0.05) is 19.3 Å². The maximum atomic E-state index is 12.8. The van der Waals surface area contributed by atoms with Gasteiger partial charge in [-0.2, -0.15) is 4.31 Å². The third kappa shape index (κ3) is 5.94. The lowest BCUT2D eigenvalue weighted by atomic mass is 9.96. The number of rotatable bonds is 6. The number of nitrogens with two attached hydrogens (primary N) is 1. The highest BCUT2D eigenvalue weighted by molar-refractivity contribution is 7.89. The minimum Gasteiger partial charge on any atom is -0.350 e. The van der Waals surface area contributed by atoms with Gasteiger partial charge in [-0.15, -0.1) is 12.4 Å². The van der Waals surface area contributed by atoms with Crippen LogP contribution in [0.25, 0.3) is 0 Å². The molecule has 0 spiro atoms. The zero-order valence-corrected chi connectivity index (χ0v) is 17.3. The standard InChI is InChI=1S/C18H29N3O3S.ClH/c1-18(2,19)13-20-17(22)14-9-11-16(12-10-14)25(23,24)21(3)15-7-5-4-6-8-15;/h9-12,15H,4-8,13,19H2,1-3H3,(H,20,22);1H. The number of amides is 1. The summed E-state index contributed by atoms with van der Waals surface area (Å²) < 4.78 is 27.0. The zero-order valence-electron chi connectivity index (χ0n) is 15.7. The molecule has 0 unspecified atom stereocenters. The van der Waals surface area contributed by atoms with Gasteiger partial charge in [0.15, 0.2) is 0 Å². The molecule has 1 aromatic rings. The molecule has 1 aromatic carbocycles. The summed E-state index contributed by atoms with van der Waals surface area (Å²) in [5.74, 6) is -0.261. The number of benzene rings is 1. The van der Waals surface area contributed by atoms with Crippen molar-refractivity contribution >= 4 is 28.3 Å². The maximum Gasteiger partial charge on any atom is 0.251 e. The number of sulfonamides is 1. The minimum atomic E-state index is -3.53. The summed E-state index contributed by atoms with van der Waals surface area (Å²) in [6, 6.07) is 6.14. The fraction of sp³-hybridized carbons (Fsp3) is 0.611. The van der Waals surface area contributed by atoms with Gasteiger partial charge < -0.3 is 11.1 Å².